The highest BCUT2D eigenvalue weighted by atomic mass is 19.1. The number of amides is 1. The fourth-order valence-electron chi connectivity index (χ4n) is 3.40. The van der Waals surface area contributed by atoms with Crippen molar-refractivity contribution in [3.05, 3.63) is 69.7 Å². The van der Waals surface area contributed by atoms with Crippen LogP contribution in [0.15, 0.2) is 45.6 Å². The lowest BCUT2D eigenvalue weighted by Gasteiger charge is -2.07. The topological polar surface area (TPSA) is 126 Å². The van der Waals surface area contributed by atoms with Crippen molar-refractivity contribution in [2.24, 2.45) is 5.73 Å². The number of carbonyl (C=O) groups excluding carboxylic acids is 2. The predicted molar refractivity (Wildman–Crippen MR) is 109 cm³/mol. The van der Waals surface area contributed by atoms with E-state index in [1.165, 1.54) is 22.8 Å². The van der Waals surface area contributed by atoms with Gasteiger partial charge in [-0.05, 0) is 38.1 Å². The first-order valence-corrected chi connectivity index (χ1v) is 9.47. The molecule has 0 aliphatic carbocycles. The summed E-state index contributed by atoms with van der Waals surface area (Å²) in [6, 6.07) is 8.79. The highest BCUT2D eigenvalue weighted by Crippen LogP contribution is 2.23. The summed E-state index contributed by atoms with van der Waals surface area (Å²) in [6.45, 7) is 3.16. The molecule has 2 N–H and O–H groups in total. The number of aryl methyl sites for hydroxylation is 2. The van der Waals surface area contributed by atoms with E-state index in [9.17, 15) is 18.8 Å². The van der Waals surface area contributed by atoms with Crippen molar-refractivity contribution < 1.29 is 18.4 Å². The van der Waals surface area contributed by atoms with Crippen LogP contribution in [0.1, 0.15) is 33.5 Å². The highest BCUT2D eigenvalue weighted by molar-refractivity contribution is 6.03. The molecule has 4 aromatic rings. The molecule has 158 valence electrons. The van der Waals surface area contributed by atoms with Gasteiger partial charge >= 0.3 is 5.69 Å². The van der Waals surface area contributed by atoms with Gasteiger partial charge in [-0.15, -0.1) is 0 Å². The smallest absolute Gasteiger partial charge is 0.330 e. The van der Waals surface area contributed by atoms with Gasteiger partial charge in [0.05, 0.1) is 12.1 Å². The van der Waals surface area contributed by atoms with Crippen LogP contribution < -0.4 is 11.4 Å². The summed E-state index contributed by atoms with van der Waals surface area (Å²) in [5.41, 5.74) is 4.68. The van der Waals surface area contributed by atoms with E-state index < -0.39 is 29.7 Å². The number of halogens is 1. The summed E-state index contributed by atoms with van der Waals surface area (Å²) in [7, 11) is 0. The Hall–Kier alpha value is -4.08. The monoisotopic (exact) mass is 423 g/mol. The molecular formula is C21H18FN5O4. The molecule has 3 heterocycles. The van der Waals surface area contributed by atoms with E-state index in [1.54, 1.807) is 26.0 Å². The van der Waals surface area contributed by atoms with Gasteiger partial charge in [0.2, 0.25) is 0 Å². The lowest BCUT2D eigenvalue weighted by molar-refractivity contribution is 0.0962. The molecule has 0 spiro atoms. The number of furan rings is 1. The number of nitrogens with two attached hydrogens (primary N) is 1. The molecule has 0 fully saturated rings. The van der Waals surface area contributed by atoms with Crippen molar-refractivity contribution in [1.82, 2.24) is 19.1 Å². The van der Waals surface area contributed by atoms with Gasteiger partial charge in [-0.1, -0.05) is 12.1 Å². The molecule has 0 aliphatic heterocycles. The number of imidazole rings is 1. The van der Waals surface area contributed by atoms with Gasteiger partial charge in [0, 0.05) is 6.54 Å². The average molecular weight is 423 g/mol. The van der Waals surface area contributed by atoms with Crippen LogP contribution in [0.25, 0.3) is 22.7 Å². The standard InChI is InChI=1S/C21H18FN5O4/c1-3-26-20-17(16(18(23)29)24-19(25-20)15-9-8-11(2)31-15)27(21(26)30)10-14(28)12-6-4-5-7-13(12)22/h4-9H,3,10H2,1-2H3,(H2,23,29). The van der Waals surface area contributed by atoms with Crippen molar-refractivity contribution >= 4 is 22.9 Å². The van der Waals surface area contributed by atoms with E-state index in [0.29, 0.717) is 11.5 Å². The third kappa shape index (κ3) is 3.41. The molecule has 0 bridgehead atoms. The molecule has 0 saturated carbocycles. The van der Waals surface area contributed by atoms with Crippen LogP contribution in [0.5, 0.6) is 0 Å². The molecule has 31 heavy (non-hydrogen) atoms. The molecule has 0 radical (unpaired) electrons. The molecule has 1 aromatic carbocycles. The quantitative estimate of drug-likeness (QED) is 0.474. The van der Waals surface area contributed by atoms with Crippen molar-refractivity contribution in [1.29, 1.82) is 0 Å². The van der Waals surface area contributed by atoms with E-state index in [2.05, 4.69) is 9.97 Å². The molecular weight excluding hydrogens is 405 g/mol. The average Bonchev–Trinajstić information content (AvgIpc) is 3.28. The lowest BCUT2D eigenvalue weighted by Crippen LogP contribution is -2.27. The third-order valence-electron chi connectivity index (χ3n) is 4.84. The van der Waals surface area contributed by atoms with Crippen LogP contribution in [0.3, 0.4) is 0 Å². The van der Waals surface area contributed by atoms with Crippen LogP contribution in [-0.2, 0) is 13.1 Å². The van der Waals surface area contributed by atoms with Gasteiger partial charge in [0.1, 0.15) is 17.1 Å². The first kappa shape index (κ1) is 20.2. The maximum absolute atomic E-state index is 14.1. The Kier molecular flexibility index (Phi) is 4.97. The normalized spacial score (nSPS) is 11.2. The second kappa shape index (κ2) is 7.63. The Morgan fingerprint density at radius 1 is 1.13 bits per heavy atom. The molecule has 9 nitrogen and oxygen atoms in total. The zero-order valence-electron chi connectivity index (χ0n) is 16.8. The summed E-state index contributed by atoms with van der Waals surface area (Å²) in [5, 5.41) is 0. The van der Waals surface area contributed by atoms with E-state index >= 15 is 0 Å². The highest BCUT2D eigenvalue weighted by Gasteiger charge is 2.25. The van der Waals surface area contributed by atoms with Crippen LogP contribution in [0.4, 0.5) is 4.39 Å². The number of primary amides is 1. The van der Waals surface area contributed by atoms with Crippen LogP contribution in [-0.4, -0.2) is 30.8 Å². The molecule has 0 aliphatic rings. The molecule has 0 unspecified atom stereocenters. The molecule has 10 heteroatoms. The Balaban J connectivity index is 1.95. The van der Waals surface area contributed by atoms with Crippen molar-refractivity contribution in [2.75, 3.05) is 0 Å². The second-order valence-electron chi connectivity index (χ2n) is 6.86. The van der Waals surface area contributed by atoms with Crippen LogP contribution >= 0.6 is 0 Å². The van der Waals surface area contributed by atoms with Gasteiger partial charge < -0.3 is 10.2 Å². The minimum atomic E-state index is -0.905. The summed E-state index contributed by atoms with van der Waals surface area (Å²) in [5.74, 6) is -1.27. The van der Waals surface area contributed by atoms with Crippen LogP contribution in [0, 0.1) is 12.7 Å². The second-order valence-corrected chi connectivity index (χ2v) is 6.86. The SMILES string of the molecule is CCn1c(=O)n(CC(=O)c2ccccc2F)c2c(C(N)=O)nc(-c3ccc(C)o3)nc21. The van der Waals surface area contributed by atoms with Gasteiger partial charge in [-0.3, -0.25) is 18.7 Å². The Bertz CT molecular complexity index is 1400. The number of carbonyl (C=O) groups is 2. The Morgan fingerprint density at radius 3 is 2.48 bits per heavy atom. The molecule has 0 saturated heterocycles. The zero-order chi connectivity index (χ0) is 22.3. The minimum absolute atomic E-state index is 0.0102. The number of aromatic nitrogens is 4. The van der Waals surface area contributed by atoms with E-state index in [0.717, 1.165) is 10.6 Å². The summed E-state index contributed by atoms with van der Waals surface area (Å²) in [6.07, 6.45) is 0. The first-order chi connectivity index (χ1) is 14.8. The summed E-state index contributed by atoms with van der Waals surface area (Å²) in [4.78, 5) is 46.5. The first-order valence-electron chi connectivity index (χ1n) is 9.47. The molecule has 4 rings (SSSR count). The maximum atomic E-state index is 14.1. The van der Waals surface area contributed by atoms with E-state index in [1.807, 2.05) is 0 Å². The predicted octanol–water partition coefficient (Wildman–Crippen LogP) is 2.30. The zero-order valence-corrected chi connectivity index (χ0v) is 16.8. The van der Waals surface area contributed by atoms with Gasteiger partial charge in [0.25, 0.3) is 5.91 Å². The third-order valence-corrected chi connectivity index (χ3v) is 4.84. The lowest BCUT2D eigenvalue weighted by atomic mass is 10.1. The van der Waals surface area contributed by atoms with E-state index in [-0.39, 0.29) is 34.8 Å². The number of nitrogens with zero attached hydrogens (tertiary/aromatic N) is 4. The summed E-state index contributed by atoms with van der Waals surface area (Å²) >= 11 is 0. The van der Waals surface area contributed by atoms with Crippen molar-refractivity contribution in [2.45, 2.75) is 26.9 Å². The number of Topliss-reactive ketones (excluding diaryl/α,β-unsaturated/α-hetero) is 1. The fraction of sp³-hybridized carbons (Fsp3) is 0.190. The largest absolute Gasteiger partial charge is 0.458 e. The molecule has 1 amide bonds. The number of benzene rings is 1. The number of fused-ring (bicyclic) bond motifs is 1. The Morgan fingerprint density at radius 2 is 1.87 bits per heavy atom. The summed E-state index contributed by atoms with van der Waals surface area (Å²) < 4.78 is 21.9. The van der Waals surface area contributed by atoms with E-state index in [4.69, 9.17) is 10.2 Å². The van der Waals surface area contributed by atoms with Crippen molar-refractivity contribution in [3.8, 4) is 11.6 Å². The van der Waals surface area contributed by atoms with Gasteiger partial charge in [-0.25, -0.2) is 19.2 Å². The molecule has 3 aromatic heterocycles. The number of hydrogen-bond acceptors (Lipinski definition) is 6. The van der Waals surface area contributed by atoms with Gasteiger partial charge in [0.15, 0.2) is 28.7 Å². The number of hydrogen-bond donors (Lipinski definition) is 1. The van der Waals surface area contributed by atoms with Crippen molar-refractivity contribution in [3.63, 3.8) is 0 Å². The fourth-order valence-corrected chi connectivity index (χ4v) is 3.40. The maximum Gasteiger partial charge on any atom is 0.330 e. The van der Waals surface area contributed by atoms with Gasteiger partial charge in [-0.2, -0.15) is 0 Å². The van der Waals surface area contributed by atoms with Crippen LogP contribution in [0.2, 0.25) is 0 Å². The number of ketones is 1. The molecule has 0 atom stereocenters. The Labute approximate surface area is 174 Å². The minimum Gasteiger partial charge on any atom is -0.458 e. The number of rotatable bonds is 6.